The number of aromatic hydroxyl groups is 1. The Labute approximate surface area is 88.0 Å². The van der Waals surface area contributed by atoms with Crippen molar-refractivity contribution >= 4 is 15.4 Å². The van der Waals surface area contributed by atoms with Crippen molar-refractivity contribution in [3.63, 3.8) is 0 Å². The molecule has 1 aliphatic rings. The molecule has 2 rings (SSSR count). The molecule has 80 valence electrons. The van der Waals surface area contributed by atoms with Gasteiger partial charge in [0.1, 0.15) is 5.75 Å². The van der Waals surface area contributed by atoms with Crippen molar-refractivity contribution in [2.45, 2.75) is 17.9 Å². The van der Waals surface area contributed by atoms with Crippen molar-refractivity contribution < 1.29 is 13.5 Å². The van der Waals surface area contributed by atoms with Gasteiger partial charge in [-0.25, -0.2) is 8.42 Å². The lowest BCUT2D eigenvalue weighted by Gasteiger charge is -2.07. The van der Waals surface area contributed by atoms with Crippen molar-refractivity contribution in [1.29, 1.82) is 0 Å². The van der Waals surface area contributed by atoms with Crippen LogP contribution in [0.25, 0.3) is 5.57 Å². The van der Waals surface area contributed by atoms with E-state index in [1.807, 2.05) is 0 Å². The van der Waals surface area contributed by atoms with Gasteiger partial charge in [0.05, 0.1) is 4.90 Å². The molecule has 0 aromatic heterocycles. The fraction of sp³-hybridized carbons (Fsp3) is 0.200. The molecule has 0 aliphatic carbocycles. The lowest BCUT2D eigenvalue weighted by atomic mass is 10.0. The Morgan fingerprint density at radius 2 is 2.07 bits per heavy atom. The summed E-state index contributed by atoms with van der Waals surface area (Å²) in [7, 11) is -3.37. The van der Waals surface area contributed by atoms with E-state index in [1.165, 1.54) is 23.6 Å². The summed E-state index contributed by atoms with van der Waals surface area (Å²) in [5.74, 6) is 0.0393. The van der Waals surface area contributed by atoms with E-state index in [1.54, 1.807) is 6.92 Å². The Bertz CT molecular complexity index is 544. The number of rotatable bonds is 1. The number of sulfone groups is 1. The van der Waals surface area contributed by atoms with E-state index in [9.17, 15) is 13.5 Å². The van der Waals surface area contributed by atoms with Crippen molar-refractivity contribution in [3.8, 4) is 5.75 Å². The van der Waals surface area contributed by atoms with Crippen LogP contribution in [0.1, 0.15) is 12.5 Å². The molecule has 0 bridgehead atoms. The van der Waals surface area contributed by atoms with Gasteiger partial charge in [-0.15, -0.1) is 0 Å². The molecule has 1 heterocycles. The first-order valence-electron chi connectivity index (χ1n) is 4.47. The van der Waals surface area contributed by atoms with Gasteiger partial charge in [0.25, 0.3) is 0 Å². The summed E-state index contributed by atoms with van der Waals surface area (Å²) < 4.78 is 23.3. The lowest BCUT2D eigenvalue weighted by Crippen LogP contribution is -2.15. The second kappa shape index (κ2) is 3.08. The Balaban J connectivity index is 2.74. The van der Waals surface area contributed by atoms with Crippen molar-refractivity contribution in [2.24, 2.45) is 5.73 Å². The Kier molecular flexibility index (Phi) is 2.09. The van der Waals surface area contributed by atoms with Crippen LogP contribution in [0.3, 0.4) is 0 Å². The van der Waals surface area contributed by atoms with E-state index in [-0.39, 0.29) is 16.7 Å². The Hall–Kier alpha value is -1.33. The van der Waals surface area contributed by atoms with Crippen LogP contribution in [0.5, 0.6) is 5.75 Å². The molecule has 5 heteroatoms. The molecule has 1 unspecified atom stereocenters. The molecule has 1 aliphatic heterocycles. The molecule has 15 heavy (non-hydrogen) atoms. The highest BCUT2D eigenvalue weighted by molar-refractivity contribution is 7.95. The highest BCUT2D eigenvalue weighted by Gasteiger charge is 2.28. The molecule has 1 aromatic rings. The number of hydrogen-bond acceptors (Lipinski definition) is 4. The summed E-state index contributed by atoms with van der Waals surface area (Å²) in [4.78, 5) is 0.215. The van der Waals surface area contributed by atoms with Crippen molar-refractivity contribution in [2.75, 3.05) is 0 Å². The smallest absolute Gasteiger partial charge is 0.200 e. The third kappa shape index (κ3) is 1.53. The van der Waals surface area contributed by atoms with Gasteiger partial charge in [0.2, 0.25) is 9.84 Å². The number of nitrogens with two attached hydrogens (primary N) is 1. The average Bonchev–Trinajstić information content (AvgIpc) is 2.38. The standard InChI is InChI=1S/C10H11NO3S/c1-6(11)9-5-15(13,14)10-3-2-7(12)4-8(9)10/h2-6,12H,11H2,1H3. The topological polar surface area (TPSA) is 80.4 Å². The Morgan fingerprint density at radius 3 is 2.67 bits per heavy atom. The second-order valence-electron chi connectivity index (χ2n) is 3.59. The molecule has 4 nitrogen and oxygen atoms in total. The first kappa shape index (κ1) is 10.2. The fourth-order valence-electron chi connectivity index (χ4n) is 1.64. The van der Waals surface area contributed by atoms with Crippen LogP contribution >= 0.6 is 0 Å². The minimum absolute atomic E-state index is 0.0393. The first-order valence-corrected chi connectivity index (χ1v) is 6.02. The molecule has 0 radical (unpaired) electrons. The molecular weight excluding hydrogens is 214 g/mol. The molecule has 1 atom stereocenters. The maximum absolute atomic E-state index is 11.7. The highest BCUT2D eigenvalue weighted by atomic mass is 32.2. The van der Waals surface area contributed by atoms with E-state index < -0.39 is 9.84 Å². The van der Waals surface area contributed by atoms with E-state index in [0.717, 1.165) is 0 Å². The Morgan fingerprint density at radius 1 is 1.40 bits per heavy atom. The minimum atomic E-state index is -3.37. The predicted molar refractivity (Wildman–Crippen MR) is 56.9 cm³/mol. The summed E-state index contributed by atoms with van der Waals surface area (Å²) in [5, 5.41) is 10.5. The molecular formula is C10H11NO3S. The molecule has 0 amide bonds. The number of phenols is 1. The fourth-order valence-corrected chi connectivity index (χ4v) is 3.18. The van der Waals surface area contributed by atoms with Gasteiger partial charge in [-0.05, 0) is 30.7 Å². The maximum atomic E-state index is 11.7. The average molecular weight is 225 g/mol. The number of hydrogen-bond donors (Lipinski definition) is 2. The summed E-state index contributed by atoms with van der Waals surface area (Å²) in [6.07, 6.45) is 0. The zero-order valence-corrected chi connectivity index (χ0v) is 8.95. The molecule has 3 N–H and O–H groups in total. The van der Waals surface area contributed by atoms with Gasteiger partial charge >= 0.3 is 0 Å². The van der Waals surface area contributed by atoms with Crippen LogP contribution in [0.2, 0.25) is 0 Å². The van der Waals surface area contributed by atoms with Gasteiger partial charge in [-0.2, -0.15) is 0 Å². The normalized spacial score (nSPS) is 19.5. The van der Waals surface area contributed by atoms with Crippen LogP contribution in [-0.2, 0) is 9.84 Å². The third-order valence-corrected chi connectivity index (χ3v) is 3.89. The van der Waals surface area contributed by atoms with Crippen molar-refractivity contribution in [1.82, 2.24) is 0 Å². The van der Waals surface area contributed by atoms with Gasteiger partial charge in [-0.3, -0.25) is 0 Å². The predicted octanol–water partition coefficient (Wildman–Crippen LogP) is 0.868. The van der Waals surface area contributed by atoms with E-state index in [0.29, 0.717) is 11.1 Å². The number of fused-ring (bicyclic) bond motifs is 1. The second-order valence-corrected chi connectivity index (χ2v) is 5.35. The molecule has 1 aromatic carbocycles. The third-order valence-electron chi connectivity index (χ3n) is 2.35. The monoisotopic (exact) mass is 225 g/mol. The summed E-state index contributed by atoms with van der Waals surface area (Å²) in [6.45, 7) is 1.71. The summed E-state index contributed by atoms with van der Waals surface area (Å²) >= 11 is 0. The first-order chi connectivity index (χ1) is 6.92. The quantitative estimate of drug-likeness (QED) is 0.743. The van der Waals surface area contributed by atoms with E-state index in [4.69, 9.17) is 5.73 Å². The van der Waals surface area contributed by atoms with Crippen LogP contribution in [-0.4, -0.2) is 19.6 Å². The number of phenolic OH excluding ortho intramolecular Hbond substituents is 1. The zero-order chi connectivity index (χ0) is 11.2. The lowest BCUT2D eigenvalue weighted by molar-refractivity contribution is 0.474. The van der Waals surface area contributed by atoms with Gasteiger partial charge < -0.3 is 10.8 Å². The molecule has 0 saturated heterocycles. The van der Waals surface area contributed by atoms with Crippen LogP contribution in [0.15, 0.2) is 28.5 Å². The van der Waals surface area contributed by atoms with Crippen LogP contribution < -0.4 is 5.73 Å². The molecule has 0 saturated carbocycles. The minimum Gasteiger partial charge on any atom is -0.508 e. The SMILES string of the molecule is CC(N)C1=CS(=O)(=O)c2ccc(O)cc21. The number of benzene rings is 1. The molecule has 0 fully saturated rings. The van der Waals surface area contributed by atoms with Crippen LogP contribution in [0.4, 0.5) is 0 Å². The van der Waals surface area contributed by atoms with Crippen LogP contribution in [0, 0.1) is 0 Å². The summed E-state index contributed by atoms with van der Waals surface area (Å²) in [6, 6.07) is 3.80. The zero-order valence-electron chi connectivity index (χ0n) is 8.14. The van der Waals surface area contributed by atoms with E-state index >= 15 is 0 Å². The van der Waals surface area contributed by atoms with Gasteiger partial charge in [0.15, 0.2) is 0 Å². The highest BCUT2D eigenvalue weighted by Crippen LogP contribution is 2.36. The van der Waals surface area contributed by atoms with Gasteiger partial charge in [-0.1, -0.05) is 0 Å². The van der Waals surface area contributed by atoms with Crippen molar-refractivity contribution in [3.05, 3.63) is 29.2 Å². The van der Waals surface area contributed by atoms with E-state index in [2.05, 4.69) is 0 Å². The maximum Gasteiger partial charge on any atom is 0.200 e. The molecule has 0 spiro atoms. The largest absolute Gasteiger partial charge is 0.508 e. The van der Waals surface area contributed by atoms with Gasteiger partial charge in [0, 0.05) is 17.0 Å². The summed E-state index contributed by atoms with van der Waals surface area (Å²) in [5.41, 5.74) is 6.72.